The van der Waals surface area contributed by atoms with E-state index >= 15 is 0 Å². The van der Waals surface area contributed by atoms with Crippen molar-refractivity contribution in [2.24, 2.45) is 0 Å². The monoisotopic (exact) mass is 354 g/mol. The van der Waals surface area contributed by atoms with Gasteiger partial charge >= 0.3 is 0 Å². The van der Waals surface area contributed by atoms with Crippen molar-refractivity contribution in [1.82, 2.24) is 20.1 Å². The Morgan fingerprint density at radius 3 is 2.85 bits per heavy atom. The summed E-state index contributed by atoms with van der Waals surface area (Å²) in [6.07, 6.45) is 2.43. The summed E-state index contributed by atoms with van der Waals surface area (Å²) in [5.74, 6) is 1.85. The Balaban J connectivity index is 1.65. The molecule has 26 heavy (non-hydrogen) atoms. The largest absolute Gasteiger partial charge is 0.347 e. The third-order valence-electron chi connectivity index (χ3n) is 3.64. The van der Waals surface area contributed by atoms with Crippen LogP contribution in [0.3, 0.4) is 0 Å². The molecule has 9 nitrogen and oxygen atoms in total. The second kappa shape index (κ2) is 7.60. The minimum Gasteiger partial charge on any atom is -0.347 e. The van der Waals surface area contributed by atoms with Gasteiger partial charge in [-0.1, -0.05) is 17.3 Å². The van der Waals surface area contributed by atoms with E-state index < -0.39 is 0 Å². The molecule has 0 saturated heterocycles. The number of H-pyrrole nitrogens is 1. The van der Waals surface area contributed by atoms with E-state index in [0.717, 1.165) is 5.56 Å². The maximum Gasteiger partial charge on any atom is 0.227 e. The van der Waals surface area contributed by atoms with Crippen molar-refractivity contribution in [3.8, 4) is 11.4 Å². The van der Waals surface area contributed by atoms with Crippen LogP contribution in [0.15, 0.2) is 35.0 Å². The molecule has 2 N–H and O–H groups in total. The van der Waals surface area contributed by atoms with Gasteiger partial charge < -0.3 is 19.7 Å². The first kappa shape index (κ1) is 17.3. The number of imidazole rings is 1. The molecule has 2 amide bonds. The number of carbonyl (C=O) groups excluding carboxylic acids is 2. The van der Waals surface area contributed by atoms with Crippen LogP contribution < -0.4 is 10.2 Å². The van der Waals surface area contributed by atoms with Crippen molar-refractivity contribution in [2.75, 3.05) is 16.8 Å². The molecule has 0 spiro atoms. The van der Waals surface area contributed by atoms with Crippen LogP contribution in [0.5, 0.6) is 0 Å². The number of nitrogens with one attached hydrogen (secondary N) is 2. The number of aryl methyl sites for hydroxylation is 2. The molecular formula is C17H18N6O3. The van der Waals surface area contributed by atoms with Gasteiger partial charge in [-0.15, -0.1) is 0 Å². The van der Waals surface area contributed by atoms with Crippen LogP contribution in [0.2, 0.25) is 0 Å². The number of carbonyl (C=O) groups is 2. The first-order valence-corrected chi connectivity index (χ1v) is 7.99. The molecule has 2 heterocycles. The lowest BCUT2D eigenvalue weighted by Gasteiger charge is -2.17. The summed E-state index contributed by atoms with van der Waals surface area (Å²) in [4.78, 5) is 36.1. The first-order chi connectivity index (χ1) is 12.5. The Hall–Kier alpha value is -3.49. The molecular weight excluding hydrogens is 336 g/mol. The van der Waals surface area contributed by atoms with E-state index in [-0.39, 0.29) is 18.9 Å². The van der Waals surface area contributed by atoms with Crippen LogP contribution in [0.25, 0.3) is 11.4 Å². The van der Waals surface area contributed by atoms with E-state index in [2.05, 4.69) is 25.4 Å². The lowest BCUT2D eigenvalue weighted by Crippen LogP contribution is -2.26. The quantitative estimate of drug-likeness (QED) is 0.627. The average Bonchev–Trinajstić information content (AvgIpc) is 3.24. The average molecular weight is 354 g/mol. The zero-order chi connectivity index (χ0) is 18.5. The standard InChI is InChI=1S/C17H18N6O3/c1-11-18-9-15(19-11)21-16(25)6-7-23(10-24)14-5-3-4-13(8-14)17-20-12(2)26-22-17/h3-5,8-10H,6-7H2,1-2H3,(H,18,19)(H,21,25). The molecule has 0 atom stereocenters. The Bertz CT molecular complexity index is 917. The molecule has 0 unspecified atom stereocenters. The van der Waals surface area contributed by atoms with Gasteiger partial charge in [0.05, 0.1) is 0 Å². The van der Waals surface area contributed by atoms with Crippen LogP contribution in [0.4, 0.5) is 11.5 Å². The zero-order valence-electron chi connectivity index (χ0n) is 14.4. The van der Waals surface area contributed by atoms with E-state index in [1.54, 1.807) is 38.2 Å². The molecule has 2 aromatic heterocycles. The molecule has 1 aromatic carbocycles. The summed E-state index contributed by atoms with van der Waals surface area (Å²) in [6.45, 7) is 3.73. The number of aromatic amines is 1. The van der Waals surface area contributed by atoms with E-state index in [4.69, 9.17) is 4.52 Å². The third kappa shape index (κ3) is 4.12. The van der Waals surface area contributed by atoms with Crippen LogP contribution in [-0.4, -0.2) is 39.0 Å². The highest BCUT2D eigenvalue weighted by atomic mass is 16.5. The van der Waals surface area contributed by atoms with Crippen molar-refractivity contribution in [1.29, 1.82) is 0 Å². The van der Waals surface area contributed by atoms with Gasteiger partial charge in [0.25, 0.3) is 0 Å². The van der Waals surface area contributed by atoms with Crippen molar-refractivity contribution >= 4 is 23.8 Å². The number of aromatic nitrogens is 4. The summed E-state index contributed by atoms with van der Waals surface area (Å²) < 4.78 is 4.98. The Kier molecular flexibility index (Phi) is 5.07. The number of benzene rings is 1. The van der Waals surface area contributed by atoms with Gasteiger partial charge in [0.15, 0.2) is 5.82 Å². The number of amides is 2. The fourth-order valence-electron chi connectivity index (χ4n) is 2.39. The van der Waals surface area contributed by atoms with Gasteiger partial charge in [0.1, 0.15) is 5.82 Å². The van der Waals surface area contributed by atoms with Gasteiger partial charge in [-0.2, -0.15) is 4.98 Å². The Morgan fingerprint density at radius 2 is 2.19 bits per heavy atom. The SMILES string of the molecule is Cc1nc(NC(=O)CCN(C=O)c2cccc(-c3noc(C)n3)c2)c[nH]1. The van der Waals surface area contributed by atoms with Gasteiger partial charge in [-0.3, -0.25) is 9.59 Å². The summed E-state index contributed by atoms with van der Waals surface area (Å²) in [6, 6.07) is 7.16. The third-order valence-corrected chi connectivity index (χ3v) is 3.64. The number of rotatable bonds is 7. The molecule has 9 heteroatoms. The van der Waals surface area contributed by atoms with Crippen molar-refractivity contribution in [3.05, 3.63) is 42.2 Å². The molecule has 0 aliphatic rings. The van der Waals surface area contributed by atoms with Gasteiger partial charge in [-0.05, 0) is 19.1 Å². The van der Waals surface area contributed by atoms with Gasteiger partial charge in [-0.25, -0.2) is 4.98 Å². The minimum absolute atomic E-state index is 0.135. The molecule has 0 bridgehead atoms. The summed E-state index contributed by atoms with van der Waals surface area (Å²) in [7, 11) is 0. The second-order valence-electron chi connectivity index (χ2n) is 5.66. The van der Waals surface area contributed by atoms with Gasteiger partial charge in [0.2, 0.25) is 24.0 Å². The van der Waals surface area contributed by atoms with E-state index in [9.17, 15) is 9.59 Å². The van der Waals surface area contributed by atoms with Crippen LogP contribution in [-0.2, 0) is 9.59 Å². The first-order valence-electron chi connectivity index (χ1n) is 7.99. The maximum atomic E-state index is 12.0. The highest BCUT2D eigenvalue weighted by molar-refractivity contribution is 5.90. The molecule has 3 rings (SSSR count). The van der Waals surface area contributed by atoms with Crippen LogP contribution in [0.1, 0.15) is 18.1 Å². The van der Waals surface area contributed by atoms with E-state index in [1.807, 2.05) is 6.07 Å². The number of anilines is 2. The van der Waals surface area contributed by atoms with Crippen molar-refractivity contribution in [3.63, 3.8) is 0 Å². The molecule has 0 radical (unpaired) electrons. The Morgan fingerprint density at radius 1 is 1.35 bits per heavy atom. The van der Waals surface area contributed by atoms with Crippen LogP contribution in [0, 0.1) is 13.8 Å². The lowest BCUT2D eigenvalue weighted by molar-refractivity contribution is -0.116. The van der Waals surface area contributed by atoms with Crippen molar-refractivity contribution < 1.29 is 14.1 Å². The fourth-order valence-corrected chi connectivity index (χ4v) is 2.39. The molecule has 0 saturated carbocycles. The minimum atomic E-state index is -0.228. The second-order valence-corrected chi connectivity index (χ2v) is 5.66. The predicted molar refractivity (Wildman–Crippen MR) is 94.5 cm³/mol. The summed E-state index contributed by atoms with van der Waals surface area (Å²) in [5.41, 5.74) is 1.37. The number of hydrogen-bond acceptors (Lipinski definition) is 6. The predicted octanol–water partition coefficient (Wildman–Crippen LogP) is 2.07. The van der Waals surface area contributed by atoms with Crippen molar-refractivity contribution in [2.45, 2.75) is 20.3 Å². The highest BCUT2D eigenvalue weighted by Gasteiger charge is 2.12. The Labute approximate surface area is 149 Å². The lowest BCUT2D eigenvalue weighted by atomic mass is 10.1. The maximum absolute atomic E-state index is 12.0. The fraction of sp³-hybridized carbons (Fsp3) is 0.235. The molecule has 0 aliphatic heterocycles. The number of hydrogen-bond donors (Lipinski definition) is 2. The zero-order valence-corrected chi connectivity index (χ0v) is 14.4. The normalized spacial score (nSPS) is 10.5. The number of nitrogens with zero attached hydrogens (tertiary/aromatic N) is 4. The van der Waals surface area contributed by atoms with E-state index in [1.165, 1.54) is 4.90 Å². The molecule has 0 fully saturated rings. The summed E-state index contributed by atoms with van der Waals surface area (Å²) in [5, 5.41) is 6.55. The smallest absolute Gasteiger partial charge is 0.227 e. The topological polar surface area (TPSA) is 117 Å². The highest BCUT2D eigenvalue weighted by Crippen LogP contribution is 2.22. The van der Waals surface area contributed by atoms with Crippen LogP contribution >= 0.6 is 0 Å². The summed E-state index contributed by atoms with van der Waals surface area (Å²) >= 11 is 0. The van der Waals surface area contributed by atoms with E-state index in [0.29, 0.717) is 35.5 Å². The molecule has 134 valence electrons. The van der Waals surface area contributed by atoms with Gasteiger partial charge in [0, 0.05) is 37.3 Å². The molecule has 0 aliphatic carbocycles. The molecule has 3 aromatic rings.